The Kier molecular flexibility index (Phi) is 5.58. The van der Waals surface area contributed by atoms with Crippen LogP contribution in [0.15, 0.2) is 36.7 Å². The smallest absolute Gasteiger partial charge is 0.209 e. The lowest BCUT2D eigenvalue weighted by molar-refractivity contribution is 1.000. The van der Waals surface area contributed by atoms with Gasteiger partial charge in [-0.25, -0.2) is 15.0 Å². The highest BCUT2D eigenvalue weighted by Gasteiger charge is 2.11. The van der Waals surface area contributed by atoms with E-state index in [2.05, 4.69) is 25.6 Å². The predicted molar refractivity (Wildman–Crippen MR) is 119 cm³/mol. The van der Waals surface area contributed by atoms with Crippen LogP contribution in [-0.2, 0) is 0 Å². The van der Waals surface area contributed by atoms with Crippen LogP contribution < -0.4 is 21.8 Å². The summed E-state index contributed by atoms with van der Waals surface area (Å²) >= 11 is 13.5. The molecule has 29 heavy (non-hydrogen) atoms. The van der Waals surface area contributed by atoms with E-state index in [0.717, 1.165) is 22.5 Å². The fraction of sp³-hybridized carbons (Fsp3) is 0.118. The van der Waals surface area contributed by atoms with E-state index >= 15 is 0 Å². The minimum absolute atomic E-state index is 0.176. The molecule has 0 saturated carbocycles. The van der Waals surface area contributed by atoms with Gasteiger partial charge in [-0.1, -0.05) is 34.5 Å². The van der Waals surface area contributed by atoms with E-state index < -0.39 is 0 Å². The van der Waals surface area contributed by atoms with E-state index in [4.69, 9.17) is 28.9 Å². The normalized spacial score (nSPS) is 11.0. The standard InChI is InChI=1S/C17H15Cl2N8OS/c18-9-1-2-10(11(19)7-9)12-8-13-21-5-6-27(13)16(24-12)22-3-4-23-17-25-14(20)15(26-28)29-17/h1-2,5-8,26H,3-4,20H2,(H,22,24)(H,23,25)/q-1. The Hall–Kier alpha value is -2.79. The third-order valence-corrected chi connectivity index (χ3v) is 5.50. The van der Waals surface area contributed by atoms with Crippen LogP contribution in [0.4, 0.5) is 21.9 Å². The number of nitrogen functional groups attached to an aromatic ring is 1. The number of fused-ring (bicyclic) bond motifs is 1. The van der Waals surface area contributed by atoms with Crippen LogP contribution in [0.1, 0.15) is 0 Å². The average Bonchev–Trinajstić information content (AvgIpc) is 3.31. The zero-order valence-electron chi connectivity index (χ0n) is 14.8. The van der Waals surface area contributed by atoms with Gasteiger partial charge in [-0.05, 0) is 18.2 Å². The van der Waals surface area contributed by atoms with Gasteiger partial charge in [0.05, 0.1) is 10.7 Å². The van der Waals surface area contributed by atoms with Crippen LogP contribution in [0.2, 0.25) is 10.0 Å². The molecule has 0 radical (unpaired) electrons. The Labute approximate surface area is 179 Å². The molecule has 0 unspecified atom stereocenters. The number of nitrogens with two attached hydrogens (primary N) is 1. The van der Waals surface area contributed by atoms with Gasteiger partial charge in [0, 0.05) is 42.1 Å². The molecule has 3 aromatic heterocycles. The van der Waals surface area contributed by atoms with Crippen LogP contribution >= 0.6 is 34.5 Å². The second kappa shape index (κ2) is 8.29. The SMILES string of the molecule is Nc1nc(NCCNc2nc(-c3ccc(Cl)cc3Cl)cc3nccn23)sc1N[O-]. The maximum absolute atomic E-state index is 10.7. The lowest BCUT2D eigenvalue weighted by Gasteiger charge is -2.11. The monoisotopic (exact) mass is 449 g/mol. The summed E-state index contributed by atoms with van der Waals surface area (Å²) in [4.78, 5) is 13.1. The van der Waals surface area contributed by atoms with Crippen molar-refractivity contribution in [2.75, 3.05) is 34.9 Å². The second-order valence-corrected chi connectivity index (χ2v) is 7.78. The summed E-state index contributed by atoms with van der Waals surface area (Å²) in [5, 5.41) is 19.0. The molecule has 0 fully saturated rings. The lowest BCUT2D eigenvalue weighted by atomic mass is 10.1. The first kappa shape index (κ1) is 19.5. The largest absolute Gasteiger partial charge is 0.760 e. The topological polar surface area (TPSA) is 128 Å². The Morgan fingerprint density at radius 3 is 2.72 bits per heavy atom. The van der Waals surface area contributed by atoms with Crippen molar-refractivity contribution in [1.82, 2.24) is 19.4 Å². The summed E-state index contributed by atoms with van der Waals surface area (Å²) < 4.78 is 1.84. The molecule has 0 aliphatic heterocycles. The first-order chi connectivity index (χ1) is 14.0. The minimum Gasteiger partial charge on any atom is -0.760 e. The highest BCUT2D eigenvalue weighted by molar-refractivity contribution is 7.20. The van der Waals surface area contributed by atoms with Gasteiger partial charge in [0.1, 0.15) is 10.6 Å². The Morgan fingerprint density at radius 2 is 1.97 bits per heavy atom. The number of hydrogen-bond donors (Lipinski definition) is 4. The molecule has 3 heterocycles. The van der Waals surface area contributed by atoms with Gasteiger partial charge in [0.2, 0.25) is 5.95 Å². The fourth-order valence-corrected chi connectivity index (χ4v) is 3.92. The third-order valence-electron chi connectivity index (χ3n) is 4.03. The van der Waals surface area contributed by atoms with Crippen LogP contribution in [-0.4, -0.2) is 32.4 Å². The number of anilines is 4. The van der Waals surface area contributed by atoms with E-state index in [1.165, 1.54) is 0 Å². The fourth-order valence-electron chi connectivity index (χ4n) is 2.71. The van der Waals surface area contributed by atoms with Crippen molar-refractivity contribution in [3.63, 3.8) is 0 Å². The number of nitrogens with zero attached hydrogens (tertiary/aromatic N) is 4. The second-order valence-electron chi connectivity index (χ2n) is 5.93. The van der Waals surface area contributed by atoms with Gasteiger partial charge in [0.15, 0.2) is 10.9 Å². The van der Waals surface area contributed by atoms with Crippen molar-refractivity contribution >= 4 is 62.1 Å². The first-order valence-corrected chi connectivity index (χ1v) is 10.0. The molecule has 9 nitrogen and oxygen atoms in total. The number of imidazole rings is 1. The van der Waals surface area contributed by atoms with Gasteiger partial charge < -0.3 is 27.1 Å². The van der Waals surface area contributed by atoms with Crippen molar-refractivity contribution in [2.45, 2.75) is 0 Å². The van der Waals surface area contributed by atoms with Crippen molar-refractivity contribution in [1.29, 1.82) is 0 Å². The highest BCUT2D eigenvalue weighted by Crippen LogP contribution is 2.31. The van der Waals surface area contributed by atoms with Crippen LogP contribution in [0, 0.1) is 5.21 Å². The molecule has 1 aromatic carbocycles. The Balaban J connectivity index is 1.51. The number of benzene rings is 1. The van der Waals surface area contributed by atoms with E-state index in [9.17, 15) is 5.21 Å². The molecule has 0 atom stereocenters. The zero-order valence-corrected chi connectivity index (χ0v) is 17.1. The number of aromatic nitrogens is 4. The molecule has 4 aromatic rings. The van der Waals surface area contributed by atoms with Gasteiger partial charge >= 0.3 is 0 Å². The number of rotatable bonds is 7. The summed E-state index contributed by atoms with van der Waals surface area (Å²) in [5.74, 6) is 0.790. The molecular formula is C17H15Cl2N8OS-. The number of nitrogens with one attached hydrogen (secondary N) is 3. The first-order valence-electron chi connectivity index (χ1n) is 8.47. The molecule has 150 valence electrons. The third kappa shape index (κ3) is 4.15. The Bertz CT molecular complexity index is 1160. The van der Waals surface area contributed by atoms with E-state index in [1.54, 1.807) is 23.8 Å². The van der Waals surface area contributed by atoms with Crippen molar-refractivity contribution in [3.8, 4) is 11.3 Å². The van der Waals surface area contributed by atoms with Gasteiger partial charge in [-0.3, -0.25) is 4.40 Å². The number of halogens is 2. The van der Waals surface area contributed by atoms with Crippen molar-refractivity contribution in [2.24, 2.45) is 0 Å². The molecular weight excluding hydrogens is 435 g/mol. The minimum atomic E-state index is 0.176. The van der Waals surface area contributed by atoms with E-state index in [-0.39, 0.29) is 10.8 Å². The van der Waals surface area contributed by atoms with E-state index in [1.807, 2.05) is 22.7 Å². The molecule has 0 bridgehead atoms. The number of hydrogen-bond acceptors (Lipinski definition) is 9. The summed E-state index contributed by atoms with van der Waals surface area (Å²) in [6, 6.07) is 7.13. The molecule has 12 heteroatoms. The summed E-state index contributed by atoms with van der Waals surface area (Å²) in [7, 11) is 0. The molecule has 0 aliphatic rings. The lowest BCUT2D eigenvalue weighted by Crippen LogP contribution is -2.16. The van der Waals surface area contributed by atoms with Crippen LogP contribution in [0.25, 0.3) is 16.9 Å². The molecule has 0 aliphatic carbocycles. The average molecular weight is 450 g/mol. The summed E-state index contributed by atoms with van der Waals surface area (Å²) in [6.07, 6.45) is 3.52. The van der Waals surface area contributed by atoms with Gasteiger partial charge in [-0.15, -0.1) is 0 Å². The maximum Gasteiger partial charge on any atom is 0.209 e. The van der Waals surface area contributed by atoms with Crippen LogP contribution in [0.5, 0.6) is 0 Å². The number of thiazole rings is 1. The quantitative estimate of drug-likeness (QED) is 0.244. The molecule has 4 rings (SSSR count). The predicted octanol–water partition coefficient (Wildman–Crippen LogP) is 4.18. The summed E-state index contributed by atoms with van der Waals surface area (Å²) in [5.41, 5.74) is 9.57. The van der Waals surface area contributed by atoms with Crippen molar-refractivity contribution in [3.05, 3.63) is 51.9 Å². The summed E-state index contributed by atoms with van der Waals surface area (Å²) in [6.45, 7) is 1.08. The molecule has 0 amide bonds. The van der Waals surface area contributed by atoms with Gasteiger partial charge in [0.25, 0.3) is 0 Å². The van der Waals surface area contributed by atoms with Crippen LogP contribution in [0.3, 0.4) is 0 Å². The molecule has 0 spiro atoms. The zero-order chi connectivity index (χ0) is 20.4. The Morgan fingerprint density at radius 1 is 1.14 bits per heavy atom. The van der Waals surface area contributed by atoms with Gasteiger partial charge in [-0.2, -0.15) is 0 Å². The molecule has 0 saturated heterocycles. The van der Waals surface area contributed by atoms with Crippen molar-refractivity contribution < 1.29 is 0 Å². The maximum atomic E-state index is 10.7. The molecule has 5 N–H and O–H groups in total. The highest BCUT2D eigenvalue weighted by atomic mass is 35.5. The van der Waals surface area contributed by atoms with E-state index in [0.29, 0.717) is 39.9 Å².